The van der Waals surface area contributed by atoms with Crippen molar-refractivity contribution in [1.29, 1.82) is 0 Å². The Morgan fingerprint density at radius 3 is 2.33 bits per heavy atom. The van der Waals surface area contributed by atoms with Crippen LogP contribution in [0.5, 0.6) is 5.75 Å². The van der Waals surface area contributed by atoms with Crippen molar-refractivity contribution in [2.75, 3.05) is 13.1 Å². The fourth-order valence-corrected chi connectivity index (χ4v) is 6.02. The van der Waals surface area contributed by atoms with Crippen molar-refractivity contribution in [3.63, 3.8) is 0 Å². The Morgan fingerprint density at radius 2 is 1.74 bits per heavy atom. The highest BCUT2D eigenvalue weighted by molar-refractivity contribution is 7.84. The Morgan fingerprint density at radius 1 is 1.08 bits per heavy atom. The number of hydrogen-bond donors (Lipinski definition) is 1. The average molecular weight is 593 g/mol. The van der Waals surface area contributed by atoms with Crippen LogP contribution < -0.4 is 4.74 Å². The number of carbonyl (C=O) groups is 1. The Kier molecular flexibility index (Phi) is 7.93. The zero-order chi connectivity index (χ0) is 28.1. The second-order valence-corrected chi connectivity index (χ2v) is 12.2. The van der Waals surface area contributed by atoms with Gasteiger partial charge in [-0.25, -0.2) is 13.0 Å². The van der Waals surface area contributed by atoms with Gasteiger partial charge in [-0.1, -0.05) is 11.6 Å². The molecule has 39 heavy (non-hydrogen) atoms. The number of amides is 1. The lowest BCUT2D eigenvalue weighted by Crippen LogP contribution is -2.38. The molecule has 1 amide bonds. The number of hydrogen-bond acceptors (Lipinski definition) is 5. The van der Waals surface area contributed by atoms with E-state index in [0.717, 1.165) is 18.4 Å². The van der Waals surface area contributed by atoms with E-state index in [1.807, 2.05) is 4.90 Å². The summed E-state index contributed by atoms with van der Waals surface area (Å²) in [5, 5.41) is 9.12. The number of likely N-dealkylation sites (tertiary alicyclic amines) is 1. The fourth-order valence-electron chi connectivity index (χ4n) is 4.72. The lowest BCUT2D eigenvalue weighted by Gasteiger charge is -2.33. The summed E-state index contributed by atoms with van der Waals surface area (Å²) >= 11 is 5.65. The molecule has 212 valence electrons. The summed E-state index contributed by atoms with van der Waals surface area (Å²) in [7, 11) is -1.92. The molecule has 2 aromatic carbocycles. The SMILES string of the molecule is O=C(c1cc(C2CC2)c(CN2CCC(Oc3cc(C(F)(F)F)cc(Cl)c3F)CC2)cc1F)N(O)S(=O)C1CC1. The number of alkyl halides is 3. The monoisotopic (exact) mass is 592 g/mol. The van der Waals surface area contributed by atoms with Gasteiger partial charge in [0.05, 0.1) is 21.4 Å². The minimum atomic E-state index is -4.70. The lowest BCUT2D eigenvalue weighted by molar-refractivity contribution is -0.137. The highest BCUT2D eigenvalue weighted by Crippen LogP contribution is 2.43. The van der Waals surface area contributed by atoms with Gasteiger partial charge in [-0.05, 0) is 79.8 Å². The van der Waals surface area contributed by atoms with Crippen molar-refractivity contribution < 1.29 is 40.9 Å². The highest BCUT2D eigenvalue weighted by Gasteiger charge is 2.37. The first-order valence-electron chi connectivity index (χ1n) is 12.6. The van der Waals surface area contributed by atoms with Crippen LogP contribution >= 0.6 is 11.6 Å². The number of halogens is 6. The predicted octanol–water partition coefficient (Wildman–Crippen LogP) is 6.22. The molecule has 2 aliphatic carbocycles. The first-order chi connectivity index (χ1) is 18.4. The fraction of sp³-hybridized carbons (Fsp3) is 0.500. The van der Waals surface area contributed by atoms with Gasteiger partial charge in [0, 0.05) is 19.6 Å². The Labute approximate surface area is 229 Å². The third kappa shape index (κ3) is 6.39. The van der Waals surface area contributed by atoms with E-state index in [9.17, 15) is 31.8 Å². The molecule has 1 N–H and O–H groups in total. The second kappa shape index (κ2) is 10.9. The summed E-state index contributed by atoms with van der Waals surface area (Å²) in [6, 6.07) is 3.84. The lowest BCUT2D eigenvalue weighted by atomic mass is 9.97. The molecule has 2 saturated carbocycles. The molecular formula is C26H26ClF5N2O4S. The van der Waals surface area contributed by atoms with Crippen LogP contribution in [0.1, 0.15) is 71.5 Å². The Balaban J connectivity index is 1.25. The number of hydroxylamine groups is 1. The van der Waals surface area contributed by atoms with Gasteiger partial charge < -0.3 is 4.74 Å². The van der Waals surface area contributed by atoms with Crippen molar-refractivity contribution in [3.8, 4) is 5.75 Å². The quantitative estimate of drug-likeness (QED) is 0.224. The molecular weight excluding hydrogens is 567 g/mol. The maximum atomic E-state index is 15.0. The zero-order valence-corrected chi connectivity index (χ0v) is 22.2. The van der Waals surface area contributed by atoms with Gasteiger partial charge in [-0.3, -0.25) is 14.9 Å². The molecule has 13 heteroatoms. The molecule has 6 nitrogen and oxygen atoms in total. The van der Waals surface area contributed by atoms with Crippen molar-refractivity contribution in [2.45, 2.75) is 68.5 Å². The van der Waals surface area contributed by atoms with Gasteiger partial charge in [0.25, 0.3) is 5.91 Å². The highest BCUT2D eigenvalue weighted by atomic mass is 35.5. The first kappa shape index (κ1) is 28.3. The number of rotatable bonds is 8. The third-order valence-corrected chi connectivity index (χ3v) is 9.00. The molecule has 1 aliphatic heterocycles. The van der Waals surface area contributed by atoms with Crippen molar-refractivity contribution in [2.24, 2.45) is 0 Å². The second-order valence-electron chi connectivity index (χ2n) is 10.2. The van der Waals surface area contributed by atoms with Crippen LogP contribution in [0, 0.1) is 11.6 Å². The van der Waals surface area contributed by atoms with Crippen LogP contribution in [0.25, 0.3) is 0 Å². The Bertz CT molecular complexity index is 1290. The molecule has 1 saturated heterocycles. The maximum Gasteiger partial charge on any atom is 0.416 e. The molecule has 5 rings (SSSR count). The summed E-state index contributed by atoms with van der Waals surface area (Å²) in [4.78, 5) is 14.7. The standard InChI is InChI=1S/C26H26ClF5N2O4S/c27-21-10-16(26(30,31)32)11-23(24(21)29)38-17-5-7-33(8-6-17)13-15-9-22(28)20(12-19(15)14-1-2-14)25(35)34(36)39(37)18-3-4-18/h9-12,14,17-18,36H,1-8,13H2. The van der Waals surface area contributed by atoms with E-state index in [-0.39, 0.29) is 21.2 Å². The van der Waals surface area contributed by atoms with Crippen molar-refractivity contribution in [3.05, 3.63) is 63.2 Å². The first-order valence-corrected chi connectivity index (χ1v) is 14.2. The van der Waals surface area contributed by atoms with E-state index < -0.39 is 57.1 Å². The molecule has 3 fully saturated rings. The largest absolute Gasteiger partial charge is 0.487 e. The molecule has 1 atom stereocenters. The van der Waals surface area contributed by atoms with E-state index in [2.05, 4.69) is 0 Å². The van der Waals surface area contributed by atoms with Gasteiger partial charge in [0.15, 0.2) is 11.6 Å². The van der Waals surface area contributed by atoms with E-state index in [4.69, 9.17) is 16.3 Å². The number of benzene rings is 2. The molecule has 0 aromatic heterocycles. The molecule has 0 radical (unpaired) electrons. The molecule has 0 bridgehead atoms. The van der Waals surface area contributed by atoms with Gasteiger partial charge in [0.1, 0.15) is 22.9 Å². The average Bonchev–Trinajstić information content (AvgIpc) is 3.80. The minimum Gasteiger partial charge on any atom is -0.487 e. The van der Waals surface area contributed by atoms with Crippen LogP contribution in [0.15, 0.2) is 24.3 Å². The molecule has 1 unspecified atom stereocenters. The van der Waals surface area contributed by atoms with E-state index >= 15 is 4.39 Å². The molecule has 3 aliphatic rings. The summed E-state index contributed by atoms with van der Waals surface area (Å²) in [6.07, 6.45) is -1.40. The predicted molar refractivity (Wildman–Crippen MR) is 133 cm³/mol. The molecule has 0 spiro atoms. The number of piperidine rings is 1. The van der Waals surface area contributed by atoms with Gasteiger partial charge in [0.2, 0.25) is 0 Å². The molecule has 1 heterocycles. The van der Waals surface area contributed by atoms with Crippen LogP contribution in [0.4, 0.5) is 22.0 Å². The van der Waals surface area contributed by atoms with Gasteiger partial charge in [-0.15, -0.1) is 4.47 Å². The molecule has 2 aromatic rings. The smallest absolute Gasteiger partial charge is 0.416 e. The summed E-state index contributed by atoms with van der Waals surface area (Å²) in [5.74, 6) is -3.30. The topological polar surface area (TPSA) is 70.1 Å². The van der Waals surface area contributed by atoms with Crippen LogP contribution in [0.3, 0.4) is 0 Å². The summed E-state index contributed by atoms with van der Waals surface area (Å²) in [5.41, 5.74) is 0.0610. The zero-order valence-electron chi connectivity index (χ0n) is 20.6. The van der Waals surface area contributed by atoms with E-state index in [0.29, 0.717) is 63.0 Å². The van der Waals surface area contributed by atoms with E-state index in [1.54, 1.807) is 0 Å². The normalized spacial score (nSPS) is 19.7. The van der Waals surface area contributed by atoms with Crippen LogP contribution in [0.2, 0.25) is 5.02 Å². The van der Waals surface area contributed by atoms with Crippen molar-refractivity contribution >= 4 is 28.5 Å². The maximum absolute atomic E-state index is 15.0. The van der Waals surface area contributed by atoms with Crippen LogP contribution in [-0.4, -0.2) is 49.1 Å². The van der Waals surface area contributed by atoms with Crippen LogP contribution in [-0.2, 0) is 23.7 Å². The Hall–Kier alpha value is -2.28. The van der Waals surface area contributed by atoms with Gasteiger partial charge >= 0.3 is 6.18 Å². The number of nitrogens with zero attached hydrogens (tertiary/aromatic N) is 2. The number of carbonyl (C=O) groups excluding carboxylic acids is 1. The van der Waals surface area contributed by atoms with Crippen molar-refractivity contribution in [1.82, 2.24) is 9.37 Å². The van der Waals surface area contributed by atoms with E-state index in [1.165, 1.54) is 12.1 Å². The van der Waals surface area contributed by atoms with Gasteiger partial charge in [-0.2, -0.15) is 13.2 Å². The summed E-state index contributed by atoms with van der Waals surface area (Å²) < 4.78 is 86.5. The third-order valence-electron chi connectivity index (χ3n) is 7.17. The summed E-state index contributed by atoms with van der Waals surface area (Å²) in [6.45, 7) is 1.30. The number of ether oxygens (including phenoxy) is 1. The minimum absolute atomic E-state index is 0.123.